The maximum absolute atomic E-state index is 12.0. The number of nitrogens with one attached hydrogen (secondary N) is 1. The molecule has 0 bridgehead atoms. The van der Waals surface area contributed by atoms with Crippen LogP contribution in [0.25, 0.3) is 5.57 Å². The molecule has 2 aromatic rings. The number of hydrogen-bond acceptors (Lipinski definition) is 4. The summed E-state index contributed by atoms with van der Waals surface area (Å²) in [6.45, 7) is 2.85. The number of aromatic nitrogens is 1. The summed E-state index contributed by atoms with van der Waals surface area (Å²) in [6, 6.07) is 12.0. The van der Waals surface area contributed by atoms with Crippen molar-refractivity contribution in [2.24, 2.45) is 0 Å². The smallest absolute Gasteiger partial charge is 0.243 e. The van der Waals surface area contributed by atoms with Gasteiger partial charge in [0.25, 0.3) is 0 Å². The Morgan fingerprint density at radius 1 is 1.21 bits per heavy atom. The second kappa shape index (κ2) is 13.6. The second-order valence-corrected chi connectivity index (χ2v) is 7.73. The van der Waals surface area contributed by atoms with Gasteiger partial charge in [-0.25, -0.2) is 0 Å². The van der Waals surface area contributed by atoms with E-state index in [0.29, 0.717) is 6.54 Å². The van der Waals surface area contributed by atoms with E-state index >= 15 is 0 Å². The van der Waals surface area contributed by atoms with Crippen molar-refractivity contribution in [3.8, 4) is 5.75 Å². The zero-order chi connectivity index (χ0) is 20.7. The first kappa shape index (κ1) is 22.8. The highest BCUT2D eigenvalue weighted by atomic mass is 32.2. The summed E-state index contributed by atoms with van der Waals surface area (Å²) in [5.74, 6) is 1.74. The summed E-state index contributed by atoms with van der Waals surface area (Å²) in [5.41, 5.74) is 2.39. The maximum Gasteiger partial charge on any atom is 0.243 e. The van der Waals surface area contributed by atoms with Gasteiger partial charge in [0.05, 0.1) is 7.11 Å². The molecule has 2 rings (SSSR count). The molecule has 0 saturated carbocycles. The SMILES string of the molecule is CCCC/C(=C\C=C\C(=O)NCCCSc1cccnc1)c1ccc(OC)cc1. The van der Waals surface area contributed by atoms with E-state index in [-0.39, 0.29) is 5.91 Å². The molecular weight excluding hydrogens is 380 g/mol. The molecule has 1 N–H and O–H groups in total. The molecule has 1 aromatic heterocycles. The van der Waals surface area contributed by atoms with E-state index in [9.17, 15) is 4.79 Å². The highest BCUT2D eigenvalue weighted by Gasteiger charge is 2.02. The molecular formula is C24H30N2O2S. The number of rotatable bonds is 12. The average Bonchev–Trinajstić information content (AvgIpc) is 2.76. The number of nitrogens with zero attached hydrogens (tertiary/aromatic N) is 1. The highest BCUT2D eigenvalue weighted by molar-refractivity contribution is 7.99. The highest BCUT2D eigenvalue weighted by Crippen LogP contribution is 2.23. The molecule has 0 unspecified atom stereocenters. The van der Waals surface area contributed by atoms with Crippen molar-refractivity contribution in [1.29, 1.82) is 0 Å². The Morgan fingerprint density at radius 3 is 2.72 bits per heavy atom. The third-order valence-electron chi connectivity index (χ3n) is 4.33. The number of benzene rings is 1. The summed E-state index contributed by atoms with van der Waals surface area (Å²) in [5, 5.41) is 2.94. The van der Waals surface area contributed by atoms with Crippen LogP contribution >= 0.6 is 11.8 Å². The largest absolute Gasteiger partial charge is 0.497 e. The number of allylic oxidation sites excluding steroid dienone is 3. The first-order chi connectivity index (χ1) is 14.2. The maximum atomic E-state index is 12.0. The van der Waals surface area contributed by atoms with E-state index < -0.39 is 0 Å². The third-order valence-corrected chi connectivity index (χ3v) is 5.40. The minimum Gasteiger partial charge on any atom is -0.497 e. The van der Waals surface area contributed by atoms with Crippen molar-refractivity contribution >= 4 is 23.2 Å². The molecule has 154 valence electrons. The first-order valence-corrected chi connectivity index (χ1v) is 11.0. The lowest BCUT2D eigenvalue weighted by molar-refractivity contribution is -0.116. The van der Waals surface area contributed by atoms with Crippen LogP contribution in [-0.4, -0.2) is 30.3 Å². The second-order valence-electron chi connectivity index (χ2n) is 6.56. The van der Waals surface area contributed by atoms with Gasteiger partial charge in [0.15, 0.2) is 0 Å². The van der Waals surface area contributed by atoms with E-state index in [0.717, 1.165) is 47.6 Å². The number of carbonyl (C=O) groups is 1. The van der Waals surface area contributed by atoms with Crippen molar-refractivity contribution in [2.45, 2.75) is 37.5 Å². The van der Waals surface area contributed by atoms with Gasteiger partial charge >= 0.3 is 0 Å². The Bertz CT molecular complexity index is 786. The van der Waals surface area contributed by atoms with E-state index in [1.165, 1.54) is 5.57 Å². The molecule has 0 spiro atoms. The predicted molar refractivity (Wildman–Crippen MR) is 122 cm³/mol. The van der Waals surface area contributed by atoms with Crippen LogP contribution in [0.15, 0.2) is 71.9 Å². The molecule has 29 heavy (non-hydrogen) atoms. The molecule has 0 aliphatic heterocycles. The minimum atomic E-state index is -0.0581. The van der Waals surface area contributed by atoms with Crippen LogP contribution in [0.3, 0.4) is 0 Å². The molecule has 1 heterocycles. The van der Waals surface area contributed by atoms with Gasteiger partial charge < -0.3 is 10.1 Å². The van der Waals surface area contributed by atoms with Gasteiger partial charge in [-0.05, 0) is 60.4 Å². The predicted octanol–water partition coefficient (Wildman–Crippen LogP) is 5.52. The number of amides is 1. The minimum absolute atomic E-state index is 0.0581. The van der Waals surface area contributed by atoms with Crippen LogP contribution in [0.2, 0.25) is 0 Å². The lowest BCUT2D eigenvalue weighted by Gasteiger charge is -2.08. The molecule has 5 heteroatoms. The molecule has 1 amide bonds. The van der Waals surface area contributed by atoms with Gasteiger partial charge in [-0.15, -0.1) is 11.8 Å². The summed E-state index contributed by atoms with van der Waals surface area (Å²) in [4.78, 5) is 17.3. The molecule has 0 fully saturated rings. The Morgan fingerprint density at radius 2 is 2.03 bits per heavy atom. The van der Waals surface area contributed by atoms with Gasteiger partial charge in [-0.2, -0.15) is 0 Å². The quantitative estimate of drug-likeness (QED) is 0.217. The van der Waals surface area contributed by atoms with Crippen molar-refractivity contribution < 1.29 is 9.53 Å². The number of unbranched alkanes of at least 4 members (excludes halogenated alkanes) is 1. The lowest BCUT2D eigenvalue weighted by Crippen LogP contribution is -2.22. The third kappa shape index (κ3) is 9.01. The van der Waals surface area contributed by atoms with Crippen LogP contribution in [0.1, 0.15) is 38.2 Å². The van der Waals surface area contributed by atoms with Crippen molar-refractivity contribution in [2.75, 3.05) is 19.4 Å². The lowest BCUT2D eigenvalue weighted by atomic mass is 9.99. The van der Waals surface area contributed by atoms with Crippen LogP contribution in [0, 0.1) is 0 Å². The fraction of sp³-hybridized carbons (Fsp3) is 0.333. The topological polar surface area (TPSA) is 51.2 Å². The van der Waals surface area contributed by atoms with Crippen LogP contribution in [-0.2, 0) is 4.79 Å². The van der Waals surface area contributed by atoms with Crippen molar-refractivity contribution in [1.82, 2.24) is 10.3 Å². The summed E-state index contributed by atoms with van der Waals surface area (Å²) >= 11 is 1.75. The van der Waals surface area contributed by atoms with Crippen molar-refractivity contribution in [3.63, 3.8) is 0 Å². The number of thioether (sulfide) groups is 1. The number of ether oxygens (including phenoxy) is 1. The Hall–Kier alpha value is -2.53. The van der Waals surface area contributed by atoms with E-state index in [2.05, 4.69) is 29.4 Å². The molecule has 0 saturated heterocycles. The van der Waals surface area contributed by atoms with E-state index in [1.807, 2.05) is 42.6 Å². The van der Waals surface area contributed by atoms with Crippen LogP contribution in [0.4, 0.5) is 0 Å². The number of carbonyl (C=O) groups excluding carboxylic acids is 1. The van der Waals surface area contributed by atoms with Gasteiger partial charge in [0.2, 0.25) is 5.91 Å². The van der Waals surface area contributed by atoms with Gasteiger partial charge in [0.1, 0.15) is 5.75 Å². The first-order valence-electron chi connectivity index (χ1n) is 10.0. The summed E-state index contributed by atoms with van der Waals surface area (Å²) < 4.78 is 5.23. The molecule has 0 aliphatic rings. The molecule has 0 aliphatic carbocycles. The Balaban J connectivity index is 1.79. The summed E-state index contributed by atoms with van der Waals surface area (Å²) in [6.07, 6.45) is 13.3. The number of methoxy groups -OCH3 is 1. The van der Waals surface area contributed by atoms with Crippen LogP contribution in [0.5, 0.6) is 5.75 Å². The zero-order valence-electron chi connectivity index (χ0n) is 17.3. The molecule has 0 radical (unpaired) electrons. The van der Waals surface area contributed by atoms with Gasteiger partial charge in [-0.3, -0.25) is 9.78 Å². The fourth-order valence-electron chi connectivity index (χ4n) is 2.71. The standard InChI is InChI=1S/C24H30N2O2S/c1-3-4-8-20(21-12-14-22(28-2)15-13-21)9-5-11-24(27)26-17-7-18-29-23-10-6-16-25-19-23/h5-6,9-16,19H,3-4,7-8,17-18H2,1-2H3,(H,26,27)/b11-5+,20-9+. The normalized spacial score (nSPS) is 11.6. The summed E-state index contributed by atoms with van der Waals surface area (Å²) in [7, 11) is 1.67. The average molecular weight is 411 g/mol. The molecule has 0 atom stereocenters. The number of pyridine rings is 1. The van der Waals surface area contributed by atoms with Crippen LogP contribution < -0.4 is 10.1 Å². The Labute approximate surface area is 178 Å². The van der Waals surface area contributed by atoms with Crippen molar-refractivity contribution in [3.05, 3.63) is 72.6 Å². The van der Waals surface area contributed by atoms with Gasteiger partial charge in [0, 0.05) is 29.9 Å². The monoisotopic (exact) mass is 410 g/mol. The number of hydrogen-bond donors (Lipinski definition) is 1. The van der Waals surface area contributed by atoms with E-state index in [1.54, 1.807) is 31.1 Å². The van der Waals surface area contributed by atoms with E-state index in [4.69, 9.17) is 4.74 Å². The Kier molecular flexibility index (Phi) is 10.7. The molecule has 1 aromatic carbocycles. The fourth-order valence-corrected chi connectivity index (χ4v) is 3.55. The van der Waals surface area contributed by atoms with Gasteiger partial charge in [-0.1, -0.05) is 37.6 Å². The molecule has 4 nitrogen and oxygen atoms in total. The zero-order valence-corrected chi connectivity index (χ0v) is 18.1.